The molecule has 1 heterocycles. The van der Waals surface area contributed by atoms with Gasteiger partial charge in [0.15, 0.2) is 11.6 Å². The second kappa shape index (κ2) is 9.88. The fraction of sp³-hybridized carbons (Fsp3) is 0.238. The minimum Gasteiger partial charge on any atom is -0.485 e. The summed E-state index contributed by atoms with van der Waals surface area (Å²) in [5.41, 5.74) is 2.30. The lowest BCUT2D eigenvalue weighted by Gasteiger charge is -2.06. The van der Waals surface area contributed by atoms with E-state index in [1.807, 2.05) is 31.2 Å². The maximum absolute atomic E-state index is 12.4. The molecule has 1 aromatic heterocycles. The van der Waals surface area contributed by atoms with Gasteiger partial charge in [-0.25, -0.2) is 4.98 Å². The van der Waals surface area contributed by atoms with Gasteiger partial charge >= 0.3 is 0 Å². The Morgan fingerprint density at radius 1 is 1.14 bits per heavy atom. The highest BCUT2D eigenvalue weighted by Crippen LogP contribution is 2.19. The zero-order valence-corrected chi connectivity index (χ0v) is 17.1. The van der Waals surface area contributed by atoms with Crippen molar-refractivity contribution in [3.8, 4) is 5.75 Å². The van der Waals surface area contributed by atoms with Gasteiger partial charge in [-0.05, 0) is 42.8 Å². The van der Waals surface area contributed by atoms with Gasteiger partial charge in [-0.15, -0.1) is 5.10 Å². The molecule has 0 bridgehead atoms. The van der Waals surface area contributed by atoms with E-state index in [1.165, 1.54) is 11.8 Å². The number of amides is 1. The molecule has 29 heavy (non-hydrogen) atoms. The highest BCUT2D eigenvalue weighted by atomic mass is 32.2. The first-order valence-corrected chi connectivity index (χ1v) is 10.2. The lowest BCUT2D eigenvalue weighted by molar-refractivity contribution is -0.115. The van der Waals surface area contributed by atoms with Gasteiger partial charge in [-0.3, -0.25) is 14.7 Å². The summed E-state index contributed by atoms with van der Waals surface area (Å²) in [4.78, 5) is 28.1. The van der Waals surface area contributed by atoms with Crippen LogP contribution in [0.5, 0.6) is 5.75 Å². The molecule has 0 saturated heterocycles. The van der Waals surface area contributed by atoms with Crippen LogP contribution in [0.15, 0.2) is 53.7 Å². The molecule has 0 aliphatic heterocycles. The Balaban J connectivity index is 1.49. The second-order valence-corrected chi connectivity index (χ2v) is 7.25. The van der Waals surface area contributed by atoms with Crippen LogP contribution >= 0.6 is 11.8 Å². The molecular formula is C21H22N4O3S. The maximum Gasteiger partial charge on any atom is 0.224 e. The SMILES string of the molecule is CCC(=O)Nc1ccc(C(=O)CSc2n[nH]c(COc3ccccc3C)n2)cc1. The number of ketones is 1. The number of carbonyl (C=O) groups is 2. The average Bonchev–Trinajstić information content (AvgIpc) is 3.19. The first-order valence-electron chi connectivity index (χ1n) is 9.20. The molecule has 150 valence electrons. The molecule has 0 atom stereocenters. The topological polar surface area (TPSA) is 97.0 Å². The summed E-state index contributed by atoms with van der Waals surface area (Å²) in [5.74, 6) is 1.51. The molecule has 0 aliphatic carbocycles. The predicted octanol–water partition coefficient (Wildman–Crippen LogP) is 4.02. The number of Topliss-reactive ketones (excluding diaryl/α,β-unsaturated/α-hetero) is 1. The third-order valence-corrected chi connectivity index (χ3v) is 4.96. The first kappa shape index (κ1) is 20.6. The largest absolute Gasteiger partial charge is 0.485 e. The Morgan fingerprint density at radius 2 is 1.90 bits per heavy atom. The van der Waals surface area contributed by atoms with Gasteiger partial charge in [0.1, 0.15) is 12.4 Å². The molecule has 0 radical (unpaired) electrons. The third-order valence-electron chi connectivity index (χ3n) is 4.11. The number of benzene rings is 2. The molecule has 0 spiro atoms. The van der Waals surface area contributed by atoms with Gasteiger partial charge in [0, 0.05) is 17.7 Å². The summed E-state index contributed by atoms with van der Waals surface area (Å²) >= 11 is 1.26. The van der Waals surface area contributed by atoms with Crippen LogP contribution in [0, 0.1) is 6.92 Å². The van der Waals surface area contributed by atoms with Crippen LogP contribution in [0.4, 0.5) is 5.69 Å². The number of aromatic amines is 1. The zero-order valence-electron chi connectivity index (χ0n) is 16.3. The van der Waals surface area contributed by atoms with E-state index in [2.05, 4.69) is 20.5 Å². The smallest absolute Gasteiger partial charge is 0.224 e. The molecule has 2 N–H and O–H groups in total. The van der Waals surface area contributed by atoms with Crippen LogP contribution in [0.2, 0.25) is 0 Å². The number of rotatable bonds is 9. The van der Waals surface area contributed by atoms with Crippen molar-refractivity contribution in [2.75, 3.05) is 11.1 Å². The van der Waals surface area contributed by atoms with Crippen molar-refractivity contribution < 1.29 is 14.3 Å². The minimum atomic E-state index is -0.0635. The maximum atomic E-state index is 12.4. The van der Waals surface area contributed by atoms with Crippen LogP contribution in [-0.2, 0) is 11.4 Å². The van der Waals surface area contributed by atoms with E-state index in [0.717, 1.165) is 11.3 Å². The molecule has 0 aliphatic rings. The summed E-state index contributed by atoms with van der Waals surface area (Å²) in [6.45, 7) is 4.04. The van der Waals surface area contributed by atoms with Gasteiger partial charge in [-0.2, -0.15) is 0 Å². The summed E-state index contributed by atoms with van der Waals surface area (Å²) in [6.07, 6.45) is 0.409. The summed E-state index contributed by atoms with van der Waals surface area (Å²) in [5, 5.41) is 10.2. The second-order valence-electron chi connectivity index (χ2n) is 6.31. The fourth-order valence-corrected chi connectivity index (χ4v) is 3.19. The van der Waals surface area contributed by atoms with Crippen molar-refractivity contribution in [1.82, 2.24) is 15.2 Å². The van der Waals surface area contributed by atoms with Crippen molar-refractivity contribution in [3.05, 3.63) is 65.5 Å². The predicted molar refractivity (Wildman–Crippen MR) is 112 cm³/mol. The number of ether oxygens (including phenoxy) is 1. The van der Waals surface area contributed by atoms with Crippen LogP contribution < -0.4 is 10.1 Å². The molecule has 0 fully saturated rings. The number of carbonyl (C=O) groups excluding carboxylic acids is 2. The Labute approximate surface area is 173 Å². The number of aryl methyl sites for hydroxylation is 1. The summed E-state index contributed by atoms with van der Waals surface area (Å²) in [6, 6.07) is 14.6. The lowest BCUT2D eigenvalue weighted by Crippen LogP contribution is -2.09. The third kappa shape index (κ3) is 5.92. The molecule has 0 unspecified atom stereocenters. The summed E-state index contributed by atoms with van der Waals surface area (Å²) < 4.78 is 5.74. The number of thioether (sulfide) groups is 1. The molecule has 3 aromatic rings. The van der Waals surface area contributed by atoms with Gasteiger partial charge in [-0.1, -0.05) is 36.9 Å². The molecule has 3 rings (SSSR count). The molecule has 8 heteroatoms. The Bertz CT molecular complexity index is 986. The highest BCUT2D eigenvalue weighted by molar-refractivity contribution is 7.99. The van der Waals surface area contributed by atoms with Crippen molar-refractivity contribution >= 4 is 29.1 Å². The lowest BCUT2D eigenvalue weighted by atomic mass is 10.1. The van der Waals surface area contributed by atoms with Crippen LogP contribution in [0.3, 0.4) is 0 Å². The number of para-hydroxylation sites is 1. The first-order chi connectivity index (χ1) is 14.0. The average molecular weight is 410 g/mol. The quantitative estimate of drug-likeness (QED) is 0.409. The van der Waals surface area contributed by atoms with E-state index >= 15 is 0 Å². The Hall–Kier alpha value is -3.13. The van der Waals surface area contributed by atoms with E-state index in [4.69, 9.17) is 4.74 Å². The van der Waals surface area contributed by atoms with Gasteiger partial charge in [0.2, 0.25) is 11.1 Å². The molecule has 2 aromatic carbocycles. The van der Waals surface area contributed by atoms with Gasteiger partial charge in [0.25, 0.3) is 0 Å². The van der Waals surface area contributed by atoms with Gasteiger partial charge in [0.05, 0.1) is 5.75 Å². The Kier molecular flexibility index (Phi) is 7.02. The number of H-pyrrole nitrogens is 1. The number of aromatic nitrogens is 3. The van der Waals surface area contributed by atoms with Crippen molar-refractivity contribution in [2.45, 2.75) is 32.0 Å². The molecule has 7 nitrogen and oxygen atoms in total. The molecular weight excluding hydrogens is 388 g/mol. The van der Waals surface area contributed by atoms with Crippen LogP contribution in [0.25, 0.3) is 0 Å². The number of anilines is 1. The van der Waals surface area contributed by atoms with Crippen LogP contribution in [-0.4, -0.2) is 32.6 Å². The number of nitrogens with zero attached hydrogens (tertiary/aromatic N) is 2. The standard InChI is InChI=1S/C21H22N4O3S/c1-3-20(27)22-16-10-8-15(9-11-16)17(26)13-29-21-23-19(24-25-21)12-28-18-7-5-4-6-14(18)2/h4-11H,3,12-13H2,1-2H3,(H,22,27)(H,23,24,25). The molecule has 1 amide bonds. The van der Waals surface area contributed by atoms with Crippen molar-refractivity contribution in [3.63, 3.8) is 0 Å². The van der Waals surface area contributed by atoms with Gasteiger partial charge < -0.3 is 10.1 Å². The van der Waals surface area contributed by atoms with E-state index in [1.54, 1.807) is 31.2 Å². The minimum absolute atomic E-state index is 0.0362. The van der Waals surface area contributed by atoms with E-state index < -0.39 is 0 Å². The monoisotopic (exact) mass is 410 g/mol. The van der Waals surface area contributed by atoms with E-state index in [0.29, 0.717) is 28.7 Å². The fourth-order valence-electron chi connectivity index (χ4n) is 2.47. The highest BCUT2D eigenvalue weighted by Gasteiger charge is 2.11. The number of hydrogen-bond acceptors (Lipinski definition) is 6. The van der Waals surface area contributed by atoms with Crippen LogP contribution in [0.1, 0.15) is 35.1 Å². The van der Waals surface area contributed by atoms with E-state index in [-0.39, 0.29) is 24.1 Å². The number of hydrogen-bond donors (Lipinski definition) is 2. The zero-order chi connectivity index (χ0) is 20.6. The summed E-state index contributed by atoms with van der Waals surface area (Å²) in [7, 11) is 0. The van der Waals surface area contributed by atoms with E-state index in [9.17, 15) is 9.59 Å². The Morgan fingerprint density at radius 3 is 2.62 bits per heavy atom. The number of nitrogens with one attached hydrogen (secondary N) is 2. The van der Waals surface area contributed by atoms with Crippen molar-refractivity contribution in [1.29, 1.82) is 0 Å². The molecule has 0 saturated carbocycles. The normalized spacial score (nSPS) is 10.6. The van der Waals surface area contributed by atoms with Crippen molar-refractivity contribution in [2.24, 2.45) is 0 Å².